The quantitative estimate of drug-likeness (QED) is 0.845. The highest BCUT2D eigenvalue weighted by Gasteiger charge is 2.40. The van der Waals surface area contributed by atoms with Gasteiger partial charge in [0.1, 0.15) is 5.75 Å². The zero-order chi connectivity index (χ0) is 19.8. The largest absolute Gasteiger partial charge is 0.573 e. The van der Waals surface area contributed by atoms with Gasteiger partial charge in [-0.15, -0.1) is 13.2 Å². The van der Waals surface area contributed by atoms with Gasteiger partial charge in [0.15, 0.2) is 0 Å². The number of carbonyl (C=O) groups is 1. The number of benzene rings is 1. The molecular formula is C20H22F3N3O2. The van der Waals surface area contributed by atoms with Gasteiger partial charge in [-0.1, -0.05) is 18.6 Å². The van der Waals surface area contributed by atoms with E-state index in [9.17, 15) is 18.0 Å². The smallest absolute Gasteiger partial charge is 0.406 e. The van der Waals surface area contributed by atoms with E-state index in [1.807, 2.05) is 6.07 Å². The fraction of sp³-hybridized carbons (Fsp3) is 0.500. The van der Waals surface area contributed by atoms with Crippen LogP contribution in [-0.4, -0.2) is 28.4 Å². The summed E-state index contributed by atoms with van der Waals surface area (Å²) in [5.41, 5.74) is 1.51. The summed E-state index contributed by atoms with van der Waals surface area (Å²) in [7, 11) is 0. The summed E-state index contributed by atoms with van der Waals surface area (Å²) in [5.74, 6) is -0.314. The number of nitrogens with one attached hydrogen (secondary N) is 1. The maximum Gasteiger partial charge on any atom is 0.573 e. The number of imidazole rings is 1. The molecule has 2 aliphatic rings. The van der Waals surface area contributed by atoms with Crippen molar-refractivity contribution in [2.75, 3.05) is 6.54 Å². The Morgan fingerprint density at radius 2 is 2.18 bits per heavy atom. The Morgan fingerprint density at radius 1 is 1.36 bits per heavy atom. The fourth-order valence-corrected chi connectivity index (χ4v) is 4.19. The Bertz CT molecular complexity index is 858. The second-order valence-electron chi connectivity index (χ2n) is 7.70. The number of rotatable bonds is 5. The predicted molar refractivity (Wildman–Crippen MR) is 95.7 cm³/mol. The van der Waals surface area contributed by atoms with Gasteiger partial charge >= 0.3 is 6.36 Å². The monoisotopic (exact) mass is 393 g/mol. The molecule has 1 N–H and O–H groups in total. The second-order valence-corrected chi connectivity index (χ2v) is 7.70. The molecule has 1 aliphatic heterocycles. The molecule has 1 amide bonds. The molecule has 1 saturated carbocycles. The highest BCUT2D eigenvalue weighted by atomic mass is 19.4. The Labute approximate surface area is 160 Å². The highest BCUT2D eigenvalue weighted by Crippen LogP contribution is 2.44. The van der Waals surface area contributed by atoms with Crippen LogP contribution in [0.2, 0.25) is 0 Å². The Morgan fingerprint density at radius 3 is 2.89 bits per heavy atom. The first-order chi connectivity index (χ1) is 13.3. The van der Waals surface area contributed by atoms with Crippen LogP contribution in [0.15, 0.2) is 36.8 Å². The zero-order valence-corrected chi connectivity index (χ0v) is 15.3. The van der Waals surface area contributed by atoms with Crippen LogP contribution in [0.3, 0.4) is 0 Å². The lowest BCUT2D eigenvalue weighted by Gasteiger charge is -2.43. The van der Waals surface area contributed by atoms with Crippen molar-refractivity contribution in [1.29, 1.82) is 0 Å². The Hall–Kier alpha value is -2.51. The predicted octanol–water partition coefficient (Wildman–Crippen LogP) is 3.58. The lowest BCUT2D eigenvalue weighted by atomic mass is 9.64. The van der Waals surface area contributed by atoms with Crippen LogP contribution in [0.1, 0.15) is 36.9 Å². The molecule has 1 aromatic heterocycles. The van der Waals surface area contributed by atoms with Gasteiger partial charge in [0.05, 0.1) is 6.33 Å². The minimum absolute atomic E-state index is 0.00132. The molecule has 5 nitrogen and oxygen atoms in total. The van der Waals surface area contributed by atoms with Gasteiger partial charge < -0.3 is 14.6 Å². The van der Waals surface area contributed by atoms with Gasteiger partial charge in [-0.25, -0.2) is 4.98 Å². The maximum absolute atomic E-state index is 12.7. The van der Waals surface area contributed by atoms with Crippen LogP contribution in [0.4, 0.5) is 13.2 Å². The van der Waals surface area contributed by atoms with Gasteiger partial charge in [-0.3, -0.25) is 4.79 Å². The van der Waals surface area contributed by atoms with Gasteiger partial charge in [0.25, 0.3) is 0 Å². The summed E-state index contributed by atoms with van der Waals surface area (Å²) in [4.78, 5) is 16.8. The third kappa shape index (κ3) is 3.86. The van der Waals surface area contributed by atoms with Crippen molar-refractivity contribution >= 4 is 5.91 Å². The molecule has 0 radical (unpaired) electrons. The summed E-state index contributed by atoms with van der Waals surface area (Å²) in [6.07, 6.45) is 2.93. The van der Waals surface area contributed by atoms with E-state index in [1.54, 1.807) is 18.6 Å². The standard InChI is InChI=1S/C20H22F3N3O2/c21-20(22,23)28-17-4-1-3-15(10-17)19(6-2-7-19)12-25-18(27)14-5-8-26-13-24-11-16(26)9-14/h1,3-4,10-11,13-14H,2,5-9,12H2,(H,25,27). The average molecular weight is 393 g/mol. The van der Waals surface area contributed by atoms with E-state index in [-0.39, 0.29) is 23.0 Å². The summed E-state index contributed by atoms with van der Waals surface area (Å²) < 4.78 is 43.7. The molecule has 1 atom stereocenters. The summed E-state index contributed by atoms with van der Waals surface area (Å²) >= 11 is 0. The number of hydrogen-bond acceptors (Lipinski definition) is 3. The van der Waals surface area contributed by atoms with Crippen molar-refractivity contribution in [3.8, 4) is 5.75 Å². The van der Waals surface area contributed by atoms with Crippen LogP contribution < -0.4 is 10.1 Å². The fourth-order valence-electron chi connectivity index (χ4n) is 4.19. The number of alkyl halides is 3. The SMILES string of the molecule is O=C(NCC1(c2cccc(OC(F)(F)F)c2)CCC1)C1CCn2cncc2C1. The van der Waals surface area contributed by atoms with Crippen molar-refractivity contribution < 1.29 is 22.7 Å². The average Bonchev–Trinajstić information content (AvgIpc) is 3.07. The molecule has 0 saturated heterocycles. The van der Waals surface area contributed by atoms with Crippen LogP contribution in [0.25, 0.3) is 0 Å². The number of aryl methyl sites for hydroxylation is 1. The molecule has 2 aromatic rings. The van der Waals surface area contributed by atoms with Crippen molar-refractivity contribution in [2.45, 2.75) is 50.4 Å². The third-order valence-corrected chi connectivity index (χ3v) is 5.93. The number of nitrogens with zero attached hydrogens (tertiary/aromatic N) is 2. The second kappa shape index (κ2) is 7.14. The lowest BCUT2D eigenvalue weighted by molar-refractivity contribution is -0.274. The van der Waals surface area contributed by atoms with Crippen LogP contribution in [0.5, 0.6) is 5.75 Å². The van der Waals surface area contributed by atoms with Gasteiger partial charge in [-0.05, 0) is 37.0 Å². The summed E-state index contributed by atoms with van der Waals surface area (Å²) in [6, 6.07) is 6.12. The molecule has 1 fully saturated rings. The number of hydrogen-bond donors (Lipinski definition) is 1. The third-order valence-electron chi connectivity index (χ3n) is 5.93. The first kappa shape index (κ1) is 18.8. The number of ether oxygens (including phenoxy) is 1. The van der Waals surface area contributed by atoms with E-state index in [0.717, 1.165) is 43.5 Å². The molecule has 0 spiro atoms. The lowest BCUT2D eigenvalue weighted by Crippen LogP contribution is -2.47. The molecule has 4 rings (SSSR count). The molecule has 8 heteroatoms. The van der Waals surface area contributed by atoms with Crippen molar-refractivity contribution in [2.24, 2.45) is 5.92 Å². The van der Waals surface area contributed by atoms with Crippen LogP contribution >= 0.6 is 0 Å². The molecule has 1 aromatic carbocycles. The minimum Gasteiger partial charge on any atom is -0.406 e. The van der Waals surface area contributed by atoms with Crippen LogP contribution in [0, 0.1) is 5.92 Å². The number of amides is 1. The Kier molecular flexibility index (Phi) is 4.81. The molecule has 1 aliphatic carbocycles. The van der Waals surface area contributed by atoms with Crippen LogP contribution in [-0.2, 0) is 23.2 Å². The topological polar surface area (TPSA) is 56.1 Å². The number of carbonyl (C=O) groups excluding carboxylic acids is 1. The van der Waals surface area contributed by atoms with E-state index in [2.05, 4.69) is 19.6 Å². The zero-order valence-electron chi connectivity index (χ0n) is 15.3. The highest BCUT2D eigenvalue weighted by molar-refractivity contribution is 5.79. The Balaban J connectivity index is 1.42. The van der Waals surface area contributed by atoms with Gasteiger partial charge in [0, 0.05) is 42.7 Å². The van der Waals surface area contributed by atoms with E-state index in [4.69, 9.17) is 0 Å². The van der Waals surface area contributed by atoms with Gasteiger partial charge in [-0.2, -0.15) is 0 Å². The van der Waals surface area contributed by atoms with Gasteiger partial charge in [0.2, 0.25) is 5.91 Å². The molecular weight excluding hydrogens is 371 g/mol. The first-order valence-electron chi connectivity index (χ1n) is 9.48. The maximum atomic E-state index is 12.7. The van der Waals surface area contributed by atoms with Crippen molar-refractivity contribution in [3.05, 3.63) is 48.0 Å². The van der Waals surface area contributed by atoms with E-state index >= 15 is 0 Å². The molecule has 1 unspecified atom stereocenters. The normalized spacial score (nSPS) is 20.8. The molecule has 2 heterocycles. The summed E-state index contributed by atoms with van der Waals surface area (Å²) in [6.45, 7) is 1.20. The molecule has 150 valence electrons. The van der Waals surface area contributed by atoms with E-state index in [1.165, 1.54) is 12.1 Å². The van der Waals surface area contributed by atoms with Crippen molar-refractivity contribution in [3.63, 3.8) is 0 Å². The number of aromatic nitrogens is 2. The minimum atomic E-state index is -4.72. The van der Waals surface area contributed by atoms with Crippen molar-refractivity contribution in [1.82, 2.24) is 14.9 Å². The molecule has 0 bridgehead atoms. The number of halogens is 3. The summed E-state index contributed by atoms with van der Waals surface area (Å²) in [5, 5.41) is 3.05. The first-order valence-corrected chi connectivity index (χ1v) is 9.48. The molecule has 28 heavy (non-hydrogen) atoms. The van der Waals surface area contributed by atoms with E-state index < -0.39 is 6.36 Å². The number of fused-ring (bicyclic) bond motifs is 1. The van der Waals surface area contributed by atoms with E-state index in [0.29, 0.717) is 13.0 Å².